The Morgan fingerprint density at radius 2 is 1.62 bits per heavy atom. The lowest BCUT2D eigenvalue weighted by molar-refractivity contribution is -0.119. The second kappa shape index (κ2) is 10.4. The van der Waals surface area contributed by atoms with E-state index in [2.05, 4.69) is 58.7 Å². The highest BCUT2D eigenvalue weighted by molar-refractivity contribution is 5.77. The molecule has 0 aromatic rings. The van der Waals surface area contributed by atoms with Crippen LogP contribution in [0.15, 0.2) is 0 Å². The predicted octanol–water partition coefficient (Wildman–Crippen LogP) is 0.507. The molecular formula is C14H9NO. The van der Waals surface area contributed by atoms with Crippen LogP contribution in [0.4, 0.5) is 0 Å². The second-order valence-electron chi connectivity index (χ2n) is 2.44. The summed E-state index contributed by atoms with van der Waals surface area (Å²) >= 11 is 0. The van der Waals surface area contributed by atoms with Crippen molar-refractivity contribution in [1.29, 1.82) is 0 Å². The molecule has 0 fully saturated rings. The first kappa shape index (κ1) is 13.3. The van der Waals surface area contributed by atoms with E-state index in [9.17, 15) is 4.79 Å². The smallest absolute Gasteiger partial charge is 0.231 e. The molecule has 0 bridgehead atoms. The summed E-state index contributed by atoms with van der Waals surface area (Å²) in [5.41, 5.74) is 0. The van der Waals surface area contributed by atoms with Crippen LogP contribution in [0.3, 0.4) is 0 Å². The van der Waals surface area contributed by atoms with Gasteiger partial charge in [0.15, 0.2) is 0 Å². The van der Waals surface area contributed by atoms with Crippen molar-refractivity contribution in [3.05, 3.63) is 0 Å². The van der Waals surface area contributed by atoms with Gasteiger partial charge >= 0.3 is 0 Å². The van der Waals surface area contributed by atoms with Crippen LogP contribution in [0.2, 0.25) is 0 Å². The maximum atomic E-state index is 10.9. The van der Waals surface area contributed by atoms with Gasteiger partial charge in [-0.3, -0.25) is 10.1 Å². The van der Waals surface area contributed by atoms with E-state index in [0.29, 0.717) is 6.42 Å². The number of hydrogen-bond donors (Lipinski definition) is 1. The minimum absolute atomic E-state index is 0.109. The Labute approximate surface area is 96.2 Å². The highest BCUT2D eigenvalue weighted by Crippen LogP contribution is 1.83. The highest BCUT2D eigenvalue weighted by atomic mass is 16.1. The molecule has 1 amide bonds. The highest BCUT2D eigenvalue weighted by Gasteiger charge is 1.92. The lowest BCUT2D eigenvalue weighted by atomic mass is 10.3. The minimum atomic E-state index is -0.109. The van der Waals surface area contributed by atoms with Crippen molar-refractivity contribution in [3.63, 3.8) is 0 Å². The monoisotopic (exact) mass is 207 g/mol. The largest absolute Gasteiger partial charge is 0.284 e. The Balaban J connectivity index is 4.01. The summed E-state index contributed by atoms with van der Waals surface area (Å²) < 4.78 is 0. The number of rotatable bonds is 2. The quantitative estimate of drug-likeness (QED) is 0.518. The van der Waals surface area contributed by atoms with Crippen LogP contribution in [-0.4, -0.2) is 5.91 Å². The molecule has 0 aromatic heterocycles. The Kier molecular flexibility index (Phi) is 8.59. The minimum Gasteiger partial charge on any atom is -0.284 e. The van der Waals surface area contributed by atoms with Gasteiger partial charge in [-0.05, 0) is 30.1 Å². The van der Waals surface area contributed by atoms with Crippen LogP contribution in [-0.2, 0) is 4.79 Å². The molecule has 0 unspecified atom stereocenters. The van der Waals surface area contributed by atoms with Crippen LogP contribution in [0.1, 0.15) is 19.8 Å². The molecule has 16 heavy (non-hydrogen) atoms. The lowest BCUT2D eigenvalue weighted by Crippen LogP contribution is -2.16. The third kappa shape index (κ3) is 9.36. The van der Waals surface area contributed by atoms with E-state index < -0.39 is 0 Å². The Bertz CT molecular complexity index is 519. The normalized spacial score (nSPS) is 5.75. The van der Waals surface area contributed by atoms with Crippen LogP contribution < -0.4 is 5.32 Å². The third-order valence-corrected chi connectivity index (χ3v) is 1.19. The number of carbonyl (C=O) groups excluding carboxylic acids is 1. The Morgan fingerprint density at radius 1 is 1.06 bits per heavy atom. The van der Waals surface area contributed by atoms with Crippen molar-refractivity contribution < 1.29 is 4.79 Å². The summed E-state index contributed by atoms with van der Waals surface area (Å²) in [7, 11) is 0. The first-order valence-electron chi connectivity index (χ1n) is 4.55. The molecule has 2 nitrogen and oxygen atoms in total. The molecule has 0 spiro atoms. The zero-order valence-electron chi connectivity index (χ0n) is 8.90. The van der Waals surface area contributed by atoms with Crippen molar-refractivity contribution in [1.82, 2.24) is 5.32 Å². The van der Waals surface area contributed by atoms with Crippen molar-refractivity contribution in [2.75, 3.05) is 0 Å². The number of amides is 1. The summed E-state index contributed by atoms with van der Waals surface area (Å²) in [5, 5.41) is 2.39. The molecule has 1 N–H and O–H groups in total. The summed E-state index contributed by atoms with van der Waals surface area (Å²) in [6.07, 6.45) is 6.12. The summed E-state index contributed by atoms with van der Waals surface area (Å²) in [6.45, 7) is 1.92. The fourth-order valence-electron chi connectivity index (χ4n) is 0.614. The fraction of sp³-hybridized carbons (Fsp3) is 0.214. The second-order valence-corrected chi connectivity index (χ2v) is 2.44. The van der Waals surface area contributed by atoms with E-state index in [0.717, 1.165) is 6.42 Å². The van der Waals surface area contributed by atoms with Crippen molar-refractivity contribution in [2.24, 2.45) is 0 Å². The molecular weight excluding hydrogens is 198 g/mol. The molecule has 0 heterocycles. The molecule has 0 aliphatic carbocycles. The van der Waals surface area contributed by atoms with Gasteiger partial charge in [0.1, 0.15) is 0 Å². The van der Waals surface area contributed by atoms with Gasteiger partial charge in [0, 0.05) is 36.1 Å². The summed E-state index contributed by atoms with van der Waals surface area (Å²) in [5.74, 6) is 18.9. The summed E-state index contributed by atoms with van der Waals surface area (Å²) in [4.78, 5) is 10.9. The third-order valence-electron chi connectivity index (χ3n) is 1.19. The van der Waals surface area contributed by atoms with Crippen LogP contribution in [0.25, 0.3) is 0 Å². The van der Waals surface area contributed by atoms with Gasteiger partial charge in [0.2, 0.25) is 5.91 Å². The van der Waals surface area contributed by atoms with E-state index >= 15 is 0 Å². The van der Waals surface area contributed by atoms with Gasteiger partial charge in [-0.25, -0.2) is 0 Å². The average Bonchev–Trinajstić information content (AvgIpc) is 2.27. The molecule has 0 aliphatic rings. The lowest BCUT2D eigenvalue weighted by Gasteiger charge is -1.90. The maximum absolute atomic E-state index is 10.9. The standard InChI is InChI=1S/C14H9NO/c1-3-5-6-7-8-9-10-11-13-15-14(16)12-4-2/h1H,4,12H2,2H3,(H,15,16). The van der Waals surface area contributed by atoms with E-state index in [1.807, 2.05) is 6.92 Å². The van der Waals surface area contributed by atoms with Crippen molar-refractivity contribution in [3.8, 4) is 59.8 Å². The van der Waals surface area contributed by atoms with Gasteiger partial charge in [0.05, 0.1) is 0 Å². The number of hydrogen-bond acceptors (Lipinski definition) is 1. The molecule has 0 aliphatic heterocycles. The Hall–Kier alpha value is -2.73. The van der Waals surface area contributed by atoms with Gasteiger partial charge in [-0.1, -0.05) is 6.92 Å². The van der Waals surface area contributed by atoms with E-state index in [-0.39, 0.29) is 5.91 Å². The molecule has 2 heteroatoms. The van der Waals surface area contributed by atoms with E-state index in [1.54, 1.807) is 0 Å². The van der Waals surface area contributed by atoms with Crippen molar-refractivity contribution >= 4 is 5.91 Å². The SMILES string of the molecule is C#CC#CC#CC#CC#CNC(=O)CCC. The van der Waals surface area contributed by atoms with Crippen LogP contribution in [0.5, 0.6) is 0 Å². The molecule has 0 aromatic carbocycles. The first-order chi connectivity index (χ1) is 7.81. The van der Waals surface area contributed by atoms with Crippen LogP contribution in [0, 0.1) is 59.8 Å². The first-order valence-corrected chi connectivity index (χ1v) is 4.55. The van der Waals surface area contributed by atoms with Gasteiger partial charge in [-0.2, -0.15) is 0 Å². The average molecular weight is 207 g/mol. The molecule has 76 valence electrons. The van der Waals surface area contributed by atoms with Gasteiger partial charge < -0.3 is 0 Å². The molecule has 0 atom stereocenters. The molecule has 0 radical (unpaired) electrons. The molecule has 0 saturated carbocycles. The molecule has 0 saturated heterocycles. The number of carbonyl (C=O) groups is 1. The fourth-order valence-corrected chi connectivity index (χ4v) is 0.614. The topological polar surface area (TPSA) is 29.1 Å². The molecule has 0 rings (SSSR count). The van der Waals surface area contributed by atoms with E-state index in [4.69, 9.17) is 6.42 Å². The van der Waals surface area contributed by atoms with E-state index in [1.165, 1.54) is 0 Å². The van der Waals surface area contributed by atoms with Gasteiger partial charge in [0.25, 0.3) is 0 Å². The zero-order valence-corrected chi connectivity index (χ0v) is 8.90. The zero-order chi connectivity index (χ0) is 12.1. The number of nitrogens with one attached hydrogen (secondary N) is 1. The number of terminal acetylenes is 1. The predicted molar refractivity (Wildman–Crippen MR) is 63.0 cm³/mol. The summed E-state index contributed by atoms with van der Waals surface area (Å²) in [6, 6.07) is 2.41. The maximum Gasteiger partial charge on any atom is 0.231 e. The van der Waals surface area contributed by atoms with Crippen molar-refractivity contribution in [2.45, 2.75) is 19.8 Å². The van der Waals surface area contributed by atoms with Gasteiger partial charge in [-0.15, -0.1) is 6.42 Å². The van der Waals surface area contributed by atoms with Crippen LogP contribution >= 0.6 is 0 Å². The Morgan fingerprint density at radius 3 is 2.19 bits per heavy atom.